The third kappa shape index (κ3) is 5.90. The van der Waals surface area contributed by atoms with E-state index in [4.69, 9.17) is 27.9 Å². The van der Waals surface area contributed by atoms with E-state index in [0.717, 1.165) is 4.47 Å². The molecular weight excluding hydrogens is 479 g/mol. The van der Waals surface area contributed by atoms with Gasteiger partial charge in [0.2, 0.25) is 0 Å². The second-order valence-electron chi connectivity index (χ2n) is 5.79. The Morgan fingerprint density at radius 1 is 0.966 bits per heavy atom. The number of ether oxygens (including phenoxy) is 1. The molecule has 0 aromatic heterocycles. The molecule has 0 atom stereocenters. The van der Waals surface area contributed by atoms with E-state index in [1.165, 1.54) is 18.3 Å². The summed E-state index contributed by atoms with van der Waals surface area (Å²) < 4.78 is 6.19. The molecule has 3 aromatic rings. The predicted octanol–water partition coefficient (Wildman–Crippen LogP) is 5.74. The van der Waals surface area contributed by atoms with Crippen molar-refractivity contribution in [2.24, 2.45) is 5.10 Å². The Morgan fingerprint density at radius 2 is 1.66 bits per heavy atom. The van der Waals surface area contributed by atoms with Crippen molar-refractivity contribution in [2.75, 3.05) is 0 Å². The maximum atomic E-state index is 12.2. The highest BCUT2D eigenvalue weighted by atomic mass is 79.9. The molecule has 146 valence electrons. The minimum absolute atomic E-state index is 0.216. The smallest absolute Gasteiger partial charge is 0.345 e. The lowest BCUT2D eigenvalue weighted by atomic mass is 10.2. The van der Waals surface area contributed by atoms with Gasteiger partial charge in [-0.3, -0.25) is 4.79 Å². The van der Waals surface area contributed by atoms with Crippen molar-refractivity contribution in [3.63, 3.8) is 0 Å². The van der Waals surface area contributed by atoms with Crippen molar-refractivity contribution < 1.29 is 14.3 Å². The molecule has 0 radical (unpaired) electrons. The van der Waals surface area contributed by atoms with E-state index in [1.807, 2.05) is 0 Å². The van der Waals surface area contributed by atoms with Gasteiger partial charge in [0.1, 0.15) is 5.75 Å². The van der Waals surface area contributed by atoms with Crippen molar-refractivity contribution in [1.82, 2.24) is 5.43 Å². The standard InChI is InChI=1S/C21H13BrCl2N2O3/c22-15-5-3-14(4-6-15)20(27)26-25-12-13-1-8-17(9-2-13)29-21(28)18-10-7-16(23)11-19(18)24/h1-12H,(H,26,27). The van der Waals surface area contributed by atoms with E-state index < -0.39 is 5.97 Å². The summed E-state index contributed by atoms with van der Waals surface area (Å²) in [5.74, 6) is -0.564. The third-order valence-corrected chi connectivity index (χ3v) is 4.80. The molecule has 5 nitrogen and oxygen atoms in total. The molecule has 8 heteroatoms. The van der Waals surface area contributed by atoms with Crippen molar-refractivity contribution in [1.29, 1.82) is 0 Å². The Hall–Kier alpha value is -2.67. The van der Waals surface area contributed by atoms with Crippen LogP contribution in [0.5, 0.6) is 5.75 Å². The van der Waals surface area contributed by atoms with Gasteiger partial charge in [0.05, 0.1) is 16.8 Å². The molecule has 0 aliphatic heterocycles. The highest BCUT2D eigenvalue weighted by Crippen LogP contribution is 2.23. The Morgan fingerprint density at radius 3 is 2.31 bits per heavy atom. The fourth-order valence-electron chi connectivity index (χ4n) is 2.27. The Kier molecular flexibility index (Phi) is 7.04. The summed E-state index contributed by atoms with van der Waals surface area (Å²) >= 11 is 15.1. The topological polar surface area (TPSA) is 67.8 Å². The first-order chi connectivity index (χ1) is 13.9. The molecule has 0 saturated heterocycles. The first-order valence-corrected chi connectivity index (χ1v) is 9.83. The SMILES string of the molecule is O=C(NN=Cc1ccc(OC(=O)c2ccc(Cl)cc2Cl)cc1)c1ccc(Br)cc1. The number of carbonyl (C=O) groups excluding carboxylic acids is 2. The maximum Gasteiger partial charge on any atom is 0.345 e. The summed E-state index contributed by atoms with van der Waals surface area (Å²) in [7, 11) is 0. The van der Waals surface area contributed by atoms with E-state index in [2.05, 4.69) is 26.5 Å². The number of hydrogen-bond donors (Lipinski definition) is 1. The number of halogens is 3. The lowest BCUT2D eigenvalue weighted by molar-refractivity contribution is 0.0734. The normalized spacial score (nSPS) is 10.7. The number of amides is 1. The van der Waals surface area contributed by atoms with E-state index in [9.17, 15) is 9.59 Å². The van der Waals surface area contributed by atoms with Gasteiger partial charge in [0.25, 0.3) is 5.91 Å². The van der Waals surface area contributed by atoms with Crippen LogP contribution >= 0.6 is 39.1 Å². The van der Waals surface area contributed by atoms with Crippen molar-refractivity contribution in [2.45, 2.75) is 0 Å². The van der Waals surface area contributed by atoms with Crippen molar-refractivity contribution >= 4 is 57.2 Å². The monoisotopic (exact) mass is 490 g/mol. The van der Waals surface area contributed by atoms with Gasteiger partial charge in [-0.2, -0.15) is 5.10 Å². The molecule has 29 heavy (non-hydrogen) atoms. The fourth-order valence-corrected chi connectivity index (χ4v) is 3.02. The van der Waals surface area contributed by atoms with Crippen LogP contribution < -0.4 is 10.2 Å². The van der Waals surface area contributed by atoms with Gasteiger partial charge in [0.15, 0.2) is 0 Å². The zero-order chi connectivity index (χ0) is 20.8. The quantitative estimate of drug-likeness (QED) is 0.214. The van der Waals surface area contributed by atoms with Gasteiger partial charge in [-0.25, -0.2) is 10.2 Å². The molecule has 3 aromatic carbocycles. The second-order valence-corrected chi connectivity index (χ2v) is 7.55. The number of nitrogens with one attached hydrogen (secondary N) is 1. The number of nitrogens with zero attached hydrogens (tertiary/aromatic N) is 1. The van der Waals surface area contributed by atoms with E-state index in [1.54, 1.807) is 54.6 Å². The summed E-state index contributed by atoms with van der Waals surface area (Å²) in [4.78, 5) is 24.2. The summed E-state index contributed by atoms with van der Waals surface area (Å²) in [6, 6.07) is 18.1. The van der Waals surface area contributed by atoms with Crippen LogP contribution in [-0.2, 0) is 0 Å². The Balaban J connectivity index is 1.58. The Labute approximate surface area is 185 Å². The van der Waals surface area contributed by atoms with Crippen LogP contribution in [0.25, 0.3) is 0 Å². The molecule has 0 saturated carbocycles. The summed E-state index contributed by atoms with van der Waals surface area (Å²) in [6.45, 7) is 0. The average molecular weight is 492 g/mol. The van der Waals surface area contributed by atoms with Crippen LogP contribution in [0.3, 0.4) is 0 Å². The van der Waals surface area contributed by atoms with Gasteiger partial charge in [-0.1, -0.05) is 39.1 Å². The first kappa shape index (κ1) is 21.0. The van der Waals surface area contributed by atoms with Crippen LogP contribution in [0.2, 0.25) is 10.0 Å². The van der Waals surface area contributed by atoms with Crippen LogP contribution in [0.4, 0.5) is 0 Å². The molecule has 0 heterocycles. The van der Waals surface area contributed by atoms with Crippen LogP contribution in [0.15, 0.2) is 76.3 Å². The number of rotatable bonds is 5. The predicted molar refractivity (Wildman–Crippen MR) is 117 cm³/mol. The molecule has 1 N–H and O–H groups in total. The van der Waals surface area contributed by atoms with Crippen LogP contribution in [0.1, 0.15) is 26.3 Å². The molecule has 0 bridgehead atoms. The highest BCUT2D eigenvalue weighted by molar-refractivity contribution is 9.10. The van der Waals surface area contributed by atoms with Gasteiger partial charge in [0, 0.05) is 15.1 Å². The zero-order valence-corrected chi connectivity index (χ0v) is 17.8. The molecule has 1 amide bonds. The third-order valence-electron chi connectivity index (χ3n) is 3.73. The molecule has 0 aliphatic carbocycles. The summed E-state index contributed by atoms with van der Waals surface area (Å²) in [5.41, 5.74) is 3.88. The minimum atomic E-state index is -0.588. The van der Waals surface area contributed by atoms with Gasteiger partial charge >= 0.3 is 5.97 Å². The van der Waals surface area contributed by atoms with E-state index in [-0.39, 0.29) is 16.5 Å². The molecule has 0 aliphatic rings. The molecule has 0 spiro atoms. The lowest BCUT2D eigenvalue weighted by Gasteiger charge is -2.06. The van der Waals surface area contributed by atoms with Gasteiger partial charge < -0.3 is 4.74 Å². The lowest BCUT2D eigenvalue weighted by Crippen LogP contribution is -2.17. The zero-order valence-electron chi connectivity index (χ0n) is 14.7. The molecule has 3 rings (SSSR count). The van der Waals surface area contributed by atoms with E-state index >= 15 is 0 Å². The number of carbonyl (C=O) groups is 2. The number of benzene rings is 3. The van der Waals surface area contributed by atoms with Crippen LogP contribution in [-0.4, -0.2) is 18.1 Å². The molecule has 0 fully saturated rings. The Bertz CT molecular complexity index is 1070. The summed E-state index contributed by atoms with van der Waals surface area (Å²) in [6.07, 6.45) is 1.48. The minimum Gasteiger partial charge on any atom is -0.423 e. The van der Waals surface area contributed by atoms with Crippen molar-refractivity contribution in [3.05, 3.63) is 97.9 Å². The maximum absolute atomic E-state index is 12.2. The average Bonchev–Trinajstić information content (AvgIpc) is 2.69. The van der Waals surface area contributed by atoms with E-state index in [0.29, 0.717) is 21.9 Å². The number of hydrazone groups is 1. The summed E-state index contributed by atoms with van der Waals surface area (Å²) in [5, 5.41) is 4.57. The number of esters is 1. The van der Waals surface area contributed by atoms with Gasteiger partial charge in [-0.05, 0) is 72.3 Å². The molecular formula is C21H13BrCl2N2O3. The van der Waals surface area contributed by atoms with Gasteiger partial charge in [-0.15, -0.1) is 0 Å². The van der Waals surface area contributed by atoms with Crippen LogP contribution in [0, 0.1) is 0 Å². The second kappa shape index (κ2) is 9.69. The molecule has 0 unspecified atom stereocenters. The van der Waals surface area contributed by atoms with Crippen molar-refractivity contribution in [3.8, 4) is 5.75 Å². The fraction of sp³-hybridized carbons (Fsp3) is 0. The highest BCUT2D eigenvalue weighted by Gasteiger charge is 2.13. The largest absolute Gasteiger partial charge is 0.423 e. The first-order valence-electron chi connectivity index (χ1n) is 8.28. The number of hydrogen-bond acceptors (Lipinski definition) is 4.